The number of fused-ring (bicyclic) bond motifs is 4. The fourth-order valence-electron chi connectivity index (χ4n) is 4.16. The molecule has 0 bridgehead atoms. The number of pyridine rings is 2. The first-order valence-electron chi connectivity index (χ1n) is 10.8. The van der Waals surface area contributed by atoms with Crippen LogP contribution in [0.2, 0.25) is 0 Å². The Kier molecular flexibility index (Phi) is 5.52. The molecule has 3 aromatic rings. The molecule has 1 unspecified atom stereocenters. The van der Waals surface area contributed by atoms with Crippen LogP contribution in [0.15, 0.2) is 35.1 Å². The Morgan fingerprint density at radius 2 is 1.94 bits per heavy atom. The number of methoxy groups -OCH3 is 1. The van der Waals surface area contributed by atoms with E-state index in [0.29, 0.717) is 34.4 Å². The van der Waals surface area contributed by atoms with Crippen molar-refractivity contribution in [1.82, 2.24) is 9.55 Å². The quantitative estimate of drug-likeness (QED) is 0.460. The number of halogens is 1. The molecule has 174 valence electrons. The molecule has 1 aliphatic heterocycles. The zero-order chi connectivity index (χ0) is 24.1. The van der Waals surface area contributed by atoms with Crippen LogP contribution < -0.4 is 10.3 Å². The summed E-state index contributed by atoms with van der Waals surface area (Å²) >= 11 is 0. The molecule has 7 nitrogen and oxygen atoms in total. The van der Waals surface area contributed by atoms with Crippen LogP contribution in [0, 0.1) is 5.82 Å². The Morgan fingerprint density at radius 1 is 1.21 bits per heavy atom. The van der Waals surface area contributed by atoms with Gasteiger partial charge in [0.25, 0.3) is 5.56 Å². The number of benzene rings is 1. The van der Waals surface area contributed by atoms with Gasteiger partial charge in [-0.1, -0.05) is 6.92 Å². The Labute approximate surface area is 190 Å². The van der Waals surface area contributed by atoms with Crippen molar-refractivity contribution in [2.24, 2.45) is 0 Å². The highest BCUT2D eigenvalue weighted by molar-refractivity contribution is 5.85. The Hall–Kier alpha value is -3.26. The summed E-state index contributed by atoms with van der Waals surface area (Å²) in [6.45, 7) is 7.31. The molecule has 4 rings (SSSR count). The highest BCUT2D eigenvalue weighted by Crippen LogP contribution is 2.37. The van der Waals surface area contributed by atoms with E-state index in [2.05, 4.69) is 4.98 Å². The summed E-state index contributed by atoms with van der Waals surface area (Å²) in [5.74, 6) is -0.963. The summed E-state index contributed by atoms with van der Waals surface area (Å²) in [6.07, 6.45) is -0.0785. The van der Waals surface area contributed by atoms with Gasteiger partial charge in [-0.2, -0.15) is 0 Å². The number of esters is 1. The van der Waals surface area contributed by atoms with Crippen LogP contribution in [0.5, 0.6) is 5.75 Å². The smallest absolute Gasteiger partial charge is 0.309 e. The van der Waals surface area contributed by atoms with Crippen molar-refractivity contribution in [3.05, 3.63) is 57.6 Å². The second-order valence-corrected chi connectivity index (χ2v) is 9.38. The zero-order valence-electron chi connectivity index (χ0n) is 19.4. The number of carbonyl (C=O) groups is 1. The Balaban J connectivity index is 1.79. The maximum Gasteiger partial charge on any atom is 0.309 e. The molecule has 33 heavy (non-hydrogen) atoms. The topological polar surface area (TPSA) is 90.7 Å². The summed E-state index contributed by atoms with van der Waals surface area (Å²) in [5, 5.41) is 12.0. The lowest BCUT2D eigenvalue weighted by molar-refractivity contribution is -0.161. The number of aromatic nitrogens is 2. The minimum atomic E-state index is -1.57. The molecular formula is C25H27FN2O5. The lowest BCUT2D eigenvalue weighted by Crippen LogP contribution is -2.34. The van der Waals surface area contributed by atoms with Gasteiger partial charge in [-0.25, -0.2) is 9.37 Å². The fourth-order valence-corrected chi connectivity index (χ4v) is 4.16. The van der Waals surface area contributed by atoms with E-state index in [4.69, 9.17) is 9.47 Å². The molecule has 0 amide bonds. The van der Waals surface area contributed by atoms with Crippen molar-refractivity contribution in [3.63, 3.8) is 0 Å². The highest BCUT2D eigenvalue weighted by Gasteiger charge is 2.35. The monoisotopic (exact) mass is 454 g/mol. The second-order valence-electron chi connectivity index (χ2n) is 9.38. The predicted octanol–water partition coefficient (Wildman–Crippen LogP) is 3.90. The summed E-state index contributed by atoms with van der Waals surface area (Å²) in [4.78, 5) is 30.0. The average molecular weight is 454 g/mol. The van der Waals surface area contributed by atoms with E-state index in [-0.39, 0.29) is 24.2 Å². The van der Waals surface area contributed by atoms with Crippen LogP contribution in [0.1, 0.15) is 51.7 Å². The summed E-state index contributed by atoms with van der Waals surface area (Å²) in [6, 6.07) is 7.76. The molecule has 0 spiro atoms. The molecule has 2 aromatic heterocycles. The molecule has 0 radical (unpaired) electrons. The van der Waals surface area contributed by atoms with Crippen LogP contribution in [0.25, 0.3) is 22.3 Å². The number of rotatable bonds is 5. The molecule has 1 aliphatic rings. The maximum absolute atomic E-state index is 14.2. The van der Waals surface area contributed by atoms with Crippen molar-refractivity contribution >= 4 is 16.9 Å². The predicted molar refractivity (Wildman–Crippen MR) is 122 cm³/mol. The van der Waals surface area contributed by atoms with Gasteiger partial charge in [-0.3, -0.25) is 9.59 Å². The third-order valence-electron chi connectivity index (χ3n) is 5.85. The lowest BCUT2D eigenvalue weighted by atomic mass is 9.87. The van der Waals surface area contributed by atoms with Gasteiger partial charge in [0, 0.05) is 23.1 Å². The Morgan fingerprint density at radius 3 is 2.58 bits per heavy atom. The van der Waals surface area contributed by atoms with Crippen molar-refractivity contribution in [1.29, 1.82) is 0 Å². The standard InChI is InChI=1S/C25H27FN2O5/c1-6-25(31,12-22(30)33-24(2,3)4)16-9-19-23-15(13-28(19)21(29)10-16)7-14-8-20(32-5)17(26)11-18(14)27-23/h7-11,31H,6,12-13H2,1-5H3. The second kappa shape index (κ2) is 7.95. The van der Waals surface area contributed by atoms with Gasteiger partial charge in [-0.05, 0) is 51.0 Å². The normalized spacial score (nSPS) is 14.5. The van der Waals surface area contributed by atoms with Crippen LogP contribution in [-0.4, -0.2) is 33.3 Å². The molecule has 0 saturated carbocycles. The molecule has 1 atom stereocenters. The van der Waals surface area contributed by atoms with Crippen molar-refractivity contribution in [2.45, 2.75) is 58.3 Å². The SMILES string of the molecule is CCC(O)(CC(=O)OC(C)(C)C)c1cc2n(c(=O)c1)Cc1cc3cc(OC)c(F)cc3nc1-2. The van der Waals surface area contributed by atoms with Gasteiger partial charge >= 0.3 is 5.97 Å². The summed E-state index contributed by atoms with van der Waals surface area (Å²) < 4.78 is 26.2. The van der Waals surface area contributed by atoms with Crippen molar-refractivity contribution in [3.8, 4) is 17.1 Å². The van der Waals surface area contributed by atoms with Gasteiger partial charge in [0.15, 0.2) is 11.6 Å². The largest absolute Gasteiger partial charge is 0.494 e. The highest BCUT2D eigenvalue weighted by atomic mass is 19.1. The van der Waals surface area contributed by atoms with E-state index in [1.54, 1.807) is 44.4 Å². The third kappa shape index (κ3) is 4.23. The first-order valence-corrected chi connectivity index (χ1v) is 10.8. The van der Waals surface area contributed by atoms with E-state index >= 15 is 0 Å². The van der Waals surface area contributed by atoms with Crippen LogP contribution in [0.3, 0.4) is 0 Å². The minimum Gasteiger partial charge on any atom is -0.494 e. The van der Waals surface area contributed by atoms with E-state index in [9.17, 15) is 19.1 Å². The van der Waals surface area contributed by atoms with Gasteiger partial charge < -0.3 is 19.1 Å². The summed E-state index contributed by atoms with van der Waals surface area (Å²) in [5.41, 5.74) is 0.0346. The van der Waals surface area contributed by atoms with Gasteiger partial charge in [-0.15, -0.1) is 0 Å². The molecule has 1 aromatic carbocycles. The zero-order valence-corrected chi connectivity index (χ0v) is 19.4. The van der Waals surface area contributed by atoms with Gasteiger partial charge in [0.1, 0.15) is 11.2 Å². The first kappa shape index (κ1) is 22.9. The van der Waals surface area contributed by atoms with Gasteiger partial charge in [0.2, 0.25) is 0 Å². The van der Waals surface area contributed by atoms with Crippen LogP contribution in [0.4, 0.5) is 4.39 Å². The molecular weight excluding hydrogens is 427 g/mol. The molecule has 3 heterocycles. The number of hydrogen-bond acceptors (Lipinski definition) is 6. The maximum atomic E-state index is 14.2. The van der Waals surface area contributed by atoms with Gasteiger partial charge in [0.05, 0.1) is 37.0 Å². The summed E-state index contributed by atoms with van der Waals surface area (Å²) in [7, 11) is 1.40. The number of ether oxygens (including phenoxy) is 2. The lowest BCUT2D eigenvalue weighted by Gasteiger charge is -2.29. The van der Waals surface area contributed by atoms with Crippen LogP contribution in [-0.2, 0) is 21.7 Å². The van der Waals surface area contributed by atoms with E-state index < -0.39 is 23.0 Å². The Bertz CT molecular complexity index is 1330. The fraction of sp³-hybridized carbons (Fsp3) is 0.400. The minimum absolute atomic E-state index is 0.120. The number of aliphatic hydroxyl groups is 1. The molecule has 0 fully saturated rings. The number of nitrogens with zero attached hydrogens (tertiary/aromatic N) is 2. The van der Waals surface area contributed by atoms with Crippen molar-refractivity contribution < 1.29 is 23.8 Å². The number of carbonyl (C=O) groups excluding carboxylic acids is 1. The molecule has 0 aliphatic carbocycles. The van der Waals surface area contributed by atoms with Crippen LogP contribution >= 0.6 is 0 Å². The molecule has 0 saturated heterocycles. The molecule has 1 N–H and O–H groups in total. The van der Waals surface area contributed by atoms with Crippen molar-refractivity contribution in [2.75, 3.05) is 7.11 Å². The molecule has 8 heteroatoms. The average Bonchev–Trinajstić information content (AvgIpc) is 3.08. The van der Waals surface area contributed by atoms with E-state index in [1.165, 1.54) is 19.2 Å². The third-order valence-corrected chi connectivity index (χ3v) is 5.85. The van der Waals surface area contributed by atoms with E-state index in [0.717, 1.165) is 5.56 Å². The first-order chi connectivity index (χ1) is 15.4. The number of hydrogen-bond donors (Lipinski definition) is 1. The van der Waals surface area contributed by atoms with E-state index in [1.807, 2.05) is 6.07 Å².